The minimum absolute atomic E-state index is 0.0423. The van der Waals surface area contributed by atoms with E-state index in [4.69, 9.17) is 33.2 Å². The van der Waals surface area contributed by atoms with Crippen LogP contribution in [0.4, 0.5) is 0 Å². The number of fused-ring (bicyclic) bond motifs is 5. The zero-order valence-electron chi connectivity index (χ0n) is 45.5. The van der Waals surface area contributed by atoms with E-state index in [0.29, 0.717) is 19.3 Å². The van der Waals surface area contributed by atoms with Gasteiger partial charge in [0, 0.05) is 16.7 Å². The maximum absolute atomic E-state index is 12.5. The van der Waals surface area contributed by atoms with E-state index in [1.807, 2.05) is 0 Å². The molecule has 4 unspecified atom stereocenters. The number of hydrogen-bond acceptors (Lipinski definition) is 22. The first kappa shape index (κ1) is 60.9. The van der Waals surface area contributed by atoms with Gasteiger partial charge >= 0.3 is 0 Å². The Kier molecular flexibility index (Phi) is 18.1. The molecule has 4 aliphatic carbocycles. The van der Waals surface area contributed by atoms with Gasteiger partial charge < -0.3 is 110 Å². The second kappa shape index (κ2) is 22.6. The molecule has 0 aromatic carbocycles. The van der Waals surface area contributed by atoms with Gasteiger partial charge in [-0.05, 0) is 107 Å². The summed E-state index contributed by atoms with van der Waals surface area (Å²) in [6.45, 7) is 15.7. The Labute approximate surface area is 445 Å². The molecule has 4 aliphatic heterocycles. The summed E-state index contributed by atoms with van der Waals surface area (Å²) in [7, 11) is 0. The number of hydrogen-bond donors (Lipinski definition) is 15. The van der Waals surface area contributed by atoms with Crippen LogP contribution in [0.1, 0.15) is 114 Å². The Morgan fingerprint density at radius 2 is 1.26 bits per heavy atom. The molecule has 0 radical (unpaired) electrons. The lowest BCUT2D eigenvalue weighted by Crippen LogP contribution is -2.68. The summed E-state index contributed by atoms with van der Waals surface area (Å²) in [6, 6.07) is 0. The molecule has 15 N–H and O–H groups in total. The zero-order valence-corrected chi connectivity index (χ0v) is 45.5. The van der Waals surface area contributed by atoms with Crippen LogP contribution in [0.5, 0.6) is 0 Å². The topological polar surface area (TPSA) is 368 Å². The molecule has 4 saturated heterocycles. The first-order valence-corrected chi connectivity index (χ1v) is 27.8. The van der Waals surface area contributed by atoms with Gasteiger partial charge in [0.2, 0.25) is 0 Å². The van der Waals surface area contributed by atoms with E-state index in [-0.39, 0.29) is 51.8 Å². The van der Waals surface area contributed by atoms with Crippen molar-refractivity contribution in [1.29, 1.82) is 0 Å². The Hall–Kier alpha value is -1.14. The molecule has 4 heterocycles. The first-order chi connectivity index (χ1) is 35.4. The molecule has 440 valence electrons. The molecule has 76 heavy (non-hydrogen) atoms. The van der Waals surface area contributed by atoms with E-state index in [1.54, 1.807) is 0 Å². The van der Waals surface area contributed by atoms with E-state index in [9.17, 15) is 76.6 Å². The summed E-state index contributed by atoms with van der Waals surface area (Å²) in [6.07, 6.45) is -26.2. The van der Waals surface area contributed by atoms with Gasteiger partial charge in [-0.3, -0.25) is 0 Å². The van der Waals surface area contributed by atoms with Crippen molar-refractivity contribution < 1.29 is 110 Å². The van der Waals surface area contributed by atoms with Crippen LogP contribution in [0.2, 0.25) is 0 Å². The summed E-state index contributed by atoms with van der Waals surface area (Å²) in [5, 5.41) is 166. The minimum atomic E-state index is -2.05. The maximum Gasteiger partial charge on any atom is 0.187 e. The molecule has 0 spiro atoms. The van der Waals surface area contributed by atoms with Crippen LogP contribution in [-0.2, 0) is 33.2 Å². The van der Waals surface area contributed by atoms with Crippen LogP contribution in [0.25, 0.3) is 0 Å². The Morgan fingerprint density at radius 1 is 0.645 bits per heavy atom. The van der Waals surface area contributed by atoms with Crippen molar-refractivity contribution >= 4 is 0 Å². The number of ether oxygens (including phenoxy) is 7. The molecule has 22 heteroatoms. The summed E-state index contributed by atoms with van der Waals surface area (Å²) in [5.74, 6) is -0.933. The van der Waals surface area contributed by atoms with Crippen LogP contribution < -0.4 is 0 Å². The fourth-order valence-corrected chi connectivity index (χ4v) is 15.9. The maximum atomic E-state index is 12.5. The summed E-state index contributed by atoms with van der Waals surface area (Å²) in [5.41, 5.74) is -1.49. The number of aliphatic hydroxyl groups is 15. The van der Waals surface area contributed by atoms with Crippen molar-refractivity contribution in [1.82, 2.24) is 0 Å². The van der Waals surface area contributed by atoms with Crippen LogP contribution in [0.15, 0.2) is 11.6 Å². The van der Waals surface area contributed by atoms with E-state index in [1.165, 1.54) is 26.3 Å². The third-order valence-corrected chi connectivity index (χ3v) is 21.0. The average Bonchev–Trinajstić information content (AvgIpc) is 3.66. The molecule has 0 bridgehead atoms. The molecule has 22 nitrogen and oxygen atoms in total. The molecule has 8 aliphatic rings. The minimum Gasteiger partial charge on any atom is -0.394 e. The Bertz CT molecular complexity index is 1990. The first-order valence-electron chi connectivity index (χ1n) is 27.8. The second-order valence-electron chi connectivity index (χ2n) is 25.9. The van der Waals surface area contributed by atoms with Crippen LogP contribution >= 0.6 is 0 Å². The molecule has 8 rings (SSSR count). The third-order valence-electron chi connectivity index (χ3n) is 21.0. The molecule has 30 atom stereocenters. The molecular formula is C54H92O22. The van der Waals surface area contributed by atoms with Crippen molar-refractivity contribution in [3.63, 3.8) is 0 Å². The van der Waals surface area contributed by atoms with Crippen LogP contribution in [0, 0.1) is 51.2 Å². The highest BCUT2D eigenvalue weighted by molar-refractivity contribution is 5.31. The normalized spacial score (nSPS) is 52.5. The van der Waals surface area contributed by atoms with E-state index in [2.05, 4.69) is 47.6 Å². The van der Waals surface area contributed by atoms with Gasteiger partial charge in [-0.2, -0.15) is 0 Å². The fraction of sp³-hybridized carbons (Fsp3) is 0.963. The highest BCUT2D eigenvalue weighted by atomic mass is 16.8. The second-order valence-corrected chi connectivity index (χ2v) is 25.9. The zero-order chi connectivity index (χ0) is 56.1. The largest absolute Gasteiger partial charge is 0.394 e. The SMILES string of the molecule is C[C@H](CC[C@@H](O[C@@H]1O[C@H](CO[C@H]2O[C@H](C)[C@@H](O)[C@H](O)[C@H]2O)[C@@H](O)[C@H](O)[C@H]1O[C@@H]1O[C@H](CO)C([C@H]2O[C@H](CO)[C@@H](O)[C@H](O)[C@H]2O)[C@H](O)[C@H]1O)C(C)(C)O)C1CC[C@@]2(C)C3CC=C4C(CC[C@H](O)C4(C)C)[C@]3(C)[C@H](O)C[C@]12C. The molecular weight excluding hydrogens is 1000 g/mol. The standard InChI is InChI=1S/C54H92O22/c1-22(24-16-17-52(7)30-13-11-25-26(12-14-31(57)50(25,3)4)54(30,9)32(58)18-53(24,52)8)10-15-33(51(5,6)69)75-49-46(41(65)37(61)29(74-49)21-70-47-44(68)39(63)35(59)23(2)71-47)76-48-43(67)38(62)34(27(19-55)73-48)45-42(66)40(64)36(60)28(20-56)72-45/h11,22-24,26-49,55-69H,10,12-21H2,1-9H3/t22-,23-,24?,26?,27-,28-,29-,30?,31+,32-,33-,34?,35-,36-,37-,38+,39+,40+,41+,42-,43-,44-,45-,46-,47+,48+,49+,52+,53-,54+/m1/s1. The van der Waals surface area contributed by atoms with Crippen LogP contribution in [-0.4, -0.2) is 237 Å². The van der Waals surface area contributed by atoms with Gasteiger partial charge in [-0.25, -0.2) is 0 Å². The van der Waals surface area contributed by atoms with Crippen molar-refractivity contribution in [2.75, 3.05) is 19.8 Å². The highest BCUT2D eigenvalue weighted by Gasteiger charge is 2.70. The fourth-order valence-electron chi connectivity index (χ4n) is 15.9. The van der Waals surface area contributed by atoms with Gasteiger partial charge in [-0.15, -0.1) is 0 Å². The number of allylic oxidation sites excluding steroid dienone is 1. The van der Waals surface area contributed by atoms with Crippen molar-refractivity contribution in [3.05, 3.63) is 11.6 Å². The number of aliphatic hydroxyl groups excluding tert-OH is 14. The van der Waals surface area contributed by atoms with Gasteiger partial charge in [0.05, 0.1) is 68.1 Å². The quantitative estimate of drug-likeness (QED) is 0.0794. The lowest BCUT2D eigenvalue weighted by Gasteiger charge is -2.67. The monoisotopic (exact) mass is 1090 g/mol. The third kappa shape index (κ3) is 10.3. The van der Waals surface area contributed by atoms with E-state index < -0.39 is 166 Å². The molecule has 0 aromatic rings. The molecule has 7 fully saturated rings. The smallest absolute Gasteiger partial charge is 0.187 e. The molecule has 0 aromatic heterocycles. The van der Waals surface area contributed by atoms with Gasteiger partial charge in [-0.1, -0.05) is 53.2 Å². The summed E-state index contributed by atoms with van der Waals surface area (Å²) >= 11 is 0. The van der Waals surface area contributed by atoms with Gasteiger partial charge in [0.25, 0.3) is 0 Å². The summed E-state index contributed by atoms with van der Waals surface area (Å²) in [4.78, 5) is 0. The van der Waals surface area contributed by atoms with Crippen molar-refractivity contribution in [2.24, 2.45) is 51.2 Å². The van der Waals surface area contributed by atoms with Crippen molar-refractivity contribution in [3.8, 4) is 0 Å². The predicted molar refractivity (Wildman–Crippen MR) is 265 cm³/mol. The average molecular weight is 1090 g/mol. The Morgan fingerprint density at radius 3 is 1.91 bits per heavy atom. The lowest BCUT2D eigenvalue weighted by molar-refractivity contribution is -0.383. The lowest BCUT2D eigenvalue weighted by atomic mass is 9.38. The highest BCUT2D eigenvalue weighted by Crippen LogP contribution is 2.75. The predicted octanol–water partition coefficient (Wildman–Crippen LogP) is -1.93. The van der Waals surface area contributed by atoms with Crippen molar-refractivity contribution in [2.45, 2.75) is 254 Å². The van der Waals surface area contributed by atoms with E-state index >= 15 is 0 Å². The number of rotatable bonds is 15. The van der Waals surface area contributed by atoms with Gasteiger partial charge in [0.1, 0.15) is 73.2 Å². The van der Waals surface area contributed by atoms with Gasteiger partial charge in [0.15, 0.2) is 18.9 Å². The summed E-state index contributed by atoms with van der Waals surface area (Å²) < 4.78 is 42.1. The molecule has 3 saturated carbocycles. The van der Waals surface area contributed by atoms with Crippen LogP contribution in [0.3, 0.4) is 0 Å². The molecule has 0 amide bonds. The Balaban J connectivity index is 1.02. The van der Waals surface area contributed by atoms with E-state index in [0.717, 1.165) is 25.7 Å².